The van der Waals surface area contributed by atoms with E-state index >= 15 is 0 Å². The zero-order valence-corrected chi connectivity index (χ0v) is 14.6. The molecule has 1 aliphatic heterocycles. The van der Waals surface area contributed by atoms with Crippen molar-refractivity contribution >= 4 is 29.9 Å². The SMILES string of the molecule is I.NC(=NCc1ccn(C2CCCC2)n1)N1CCOCC1. The molecule has 1 aliphatic carbocycles. The van der Waals surface area contributed by atoms with Crippen LogP contribution in [0, 0.1) is 0 Å². The highest BCUT2D eigenvalue weighted by Gasteiger charge is 2.17. The molecule has 2 fully saturated rings. The predicted octanol–water partition coefficient (Wildman–Crippen LogP) is 1.76. The molecule has 0 bridgehead atoms. The number of nitrogens with zero attached hydrogens (tertiary/aromatic N) is 4. The summed E-state index contributed by atoms with van der Waals surface area (Å²) in [5.41, 5.74) is 7.00. The van der Waals surface area contributed by atoms with Gasteiger partial charge in [0, 0.05) is 19.3 Å². The highest BCUT2D eigenvalue weighted by Crippen LogP contribution is 2.28. The van der Waals surface area contributed by atoms with E-state index in [-0.39, 0.29) is 24.0 Å². The van der Waals surface area contributed by atoms with Crippen molar-refractivity contribution in [3.05, 3.63) is 18.0 Å². The van der Waals surface area contributed by atoms with E-state index in [1.165, 1.54) is 25.7 Å². The lowest BCUT2D eigenvalue weighted by Crippen LogP contribution is -2.44. The van der Waals surface area contributed by atoms with Gasteiger partial charge in [-0.1, -0.05) is 12.8 Å². The molecule has 0 aromatic carbocycles. The number of morpholine rings is 1. The molecule has 2 N–H and O–H groups in total. The minimum absolute atomic E-state index is 0. The van der Waals surface area contributed by atoms with Crippen LogP contribution in [-0.4, -0.2) is 46.9 Å². The maximum atomic E-state index is 6.01. The van der Waals surface area contributed by atoms with E-state index in [4.69, 9.17) is 10.5 Å². The van der Waals surface area contributed by atoms with Gasteiger partial charge in [0.15, 0.2) is 5.96 Å². The maximum absolute atomic E-state index is 6.01. The van der Waals surface area contributed by atoms with E-state index < -0.39 is 0 Å². The Bertz CT molecular complexity index is 464. The quantitative estimate of drug-likeness (QED) is 0.473. The van der Waals surface area contributed by atoms with Crippen LogP contribution in [0.1, 0.15) is 37.4 Å². The van der Waals surface area contributed by atoms with Crippen molar-refractivity contribution in [1.29, 1.82) is 0 Å². The standard InChI is InChI=1S/C14H23N5O.HI/c15-14(18-7-9-20-10-8-18)16-11-12-5-6-19(17-12)13-3-1-2-4-13;/h5-6,13H,1-4,7-11H2,(H2,15,16);1H. The number of halogens is 1. The first-order chi connectivity index (χ1) is 9.83. The molecule has 3 rings (SSSR count). The van der Waals surface area contributed by atoms with E-state index in [1.54, 1.807) is 0 Å². The zero-order valence-electron chi connectivity index (χ0n) is 12.3. The third-order valence-corrected chi connectivity index (χ3v) is 4.10. The van der Waals surface area contributed by atoms with Crippen LogP contribution in [0.2, 0.25) is 0 Å². The lowest BCUT2D eigenvalue weighted by molar-refractivity contribution is 0.0674. The molecule has 0 unspecified atom stereocenters. The van der Waals surface area contributed by atoms with Crippen LogP contribution in [0.4, 0.5) is 0 Å². The Kier molecular flexibility index (Phi) is 6.28. The van der Waals surface area contributed by atoms with Gasteiger partial charge in [0.05, 0.1) is 31.5 Å². The molecule has 0 radical (unpaired) electrons. The largest absolute Gasteiger partial charge is 0.378 e. The minimum atomic E-state index is 0. The first-order valence-corrected chi connectivity index (χ1v) is 7.49. The van der Waals surface area contributed by atoms with Gasteiger partial charge in [-0.3, -0.25) is 4.68 Å². The van der Waals surface area contributed by atoms with Crippen LogP contribution < -0.4 is 5.73 Å². The Labute approximate surface area is 142 Å². The monoisotopic (exact) mass is 405 g/mol. The lowest BCUT2D eigenvalue weighted by Gasteiger charge is -2.27. The molecular weight excluding hydrogens is 381 g/mol. The van der Waals surface area contributed by atoms with Gasteiger partial charge in [0.1, 0.15) is 0 Å². The molecule has 0 amide bonds. The van der Waals surface area contributed by atoms with Crippen LogP contribution in [-0.2, 0) is 11.3 Å². The second-order valence-corrected chi connectivity index (χ2v) is 5.50. The molecule has 21 heavy (non-hydrogen) atoms. The van der Waals surface area contributed by atoms with Crippen molar-refractivity contribution in [1.82, 2.24) is 14.7 Å². The Morgan fingerprint density at radius 2 is 2.05 bits per heavy atom. The van der Waals surface area contributed by atoms with Crippen LogP contribution in [0.15, 0.2) is 17.3 Å². The molecular formula is C14H24IN5O. The summed E-state index contributed by atoms with van der Waals surface area (Å²) in [6.07, 6.45) is 7.22. The molecule has 118 valence electrons. The van der Waals surface area contributed by atoms with Gasteiger partial charge < -0.3 is 15.4 Å². The molecule has 1 aromatic rings. The Morgan fingerprint density at radius 1 is 1.33 bits per heavy atom. The normalized spacial score (nSPS) is 20.6. The van der Waals surface area contributed by atoms with E-state index in [9.17, 15) is 0 Å². The number of rotatable bonds is 3. The van der Waals surface area contributed by atoms with Crippen LogP contribution in [0.3, 0.4) is 0 Å². The van der Waals surface area contributed by atoms with Gasteiger partial charge in [-0.25, -0.2) is 4.99 Å². The van der Waals surface area contributed by atoms with Gasteiger partial charge in [-0.2, -0.15) is 5.10 Å². The molecule has 1 saturated carbocycles. The molecule has 2 heterocycles. The van der Waals surface area contributed by atoms with E-state index in [1.807, 2.05) is 0 Å². The number of guanidine groups is 1. The first kappa shape index (κ1) is 16.5. The maximum Gasteiger partial charge on any atom is 0.191 e. The summed E-state index contributed by atoms with van der Waals surface area (Å²) >= 11 is 0. The van der Waals surface area contributed by atoms with Crippen molar-refractivity contribution in [2.24, 2.45) is 10.7 Å². The number of ether oxygens (including phenoxy) is 1. The highest BCUT2D eigenvalue weighted by molar-refractivity contribution is 14.0. The zero-order chi connectivity index (χ0) is 13.8. The second-order valence-electron chi connectivity index (χ2n) is 5.50. The van der Waals surface area contributed by atoms with E-state index in [0.29, 0.717) is 18.5 Å². The fraction of sp³-hybridized carbons (Fsp3) is 0.714. The van der Waals surface area contributed by atoms with E-state index in [2.05, 4.69) is 31.9 Å². The average Bonchev–Trinajstić information content (AvgIpc) is 3.16. The molecule has 2 aliphatic rings. The molecule has 0 atom stereocenters. The fourth-order valence-electron chi connectivity index (χ4n) is 2.89. The molecule has 0 spiro atoms. The third kappa shape index (κ3) is 4.32. The summed E-state index contributed by atoms with van der Waals surface area (Å²) in [6, 6.07) is 2.64. The van der Waals surface area contributed by atoms with Gasteiger partial charge in [-0.15, -0.1) is 24.0 Å². The van der Waals surface area contributed by atoms with Gasteiger partial charge in [-0.05, 0) is 18.9 Å². The smallest absolute Gasteiger partial charge is 0.191 e. The average molecular weight is 405 g/mol. The summed E-state index contributed by atoms with van der Waals surface area (Å²) < 4.78 is 7.41. The molecule has 1 aromatic heterocycles. The number of nitrogens with two attached hydrogens (primary N) is 1. The van der Waals surface area contributed by atoms with Gasteiger partial charge >= 0.3 is 0 Å². The van der Waals surface area contributed by atoms with Crippen molar-refractivity contribution in [2.75, 3.05) is 26.3 Å². The van der Waals surface area contributed by atoms with Crippen molar-refractivity contribution in [2.45, 2.75) is 38.3 Å². The number of hydrogen-bond donors (Lipinski definition) is 1. The Balaban J connectivity index is 0.00000161. The van der Waals surface area contributed by atoms with Crippen LogP contribution >= 0.6 is 24.0 Å². The summed E-state index contributed by atoms with van der Waals surface area (Å²) in [7, 11) is 0. The van der Waals surface area contributed by atoms with Crippen molar-refractivity contribution in [3.8, 4) is 0 Å². The fourth-order valence-corrected chi connectivity index (χ4v) is 2.89. The predicted molar refractivity (Wildman–Crippen MR) is 92.9 cm³/mol. The number of hydrogen-bond acceptors (Lipinski definition) is 3. The van der Waals surface area contributed by atoms with Gasteiger partial charge in [0.2, 0.25) is 0 Å². The summed E-state index contributed by atoms with van der Waals surface area (Å²) in [5.74, 6) is 0.601. The van der Waals surface area contributed by atoms with Crippen molar-refractivity contribution in [3.63, 3.8) is 0 Å². The van der Waals surface area contributed by atoms with Gasteiger partial charge in [0.25, 0.3) is 0 Å². The molecule has 6 nitrogen and oxygen atoms in total. The number of aliphatic imine (C=N–C) groups is 1. The molecule has 1 saturated heterocycles. The third-order valence-electron chi connectivity index (χ3n) is 4.10. The minimum Gasteiger partial charge on any atom is -0.378 e. The number of aromatic nitrogens is 2. The molecule has 7 heteroatoms. The summed E-state index contributed by atoms with van der Waals surface area (Å²) in [5, 5.41) is 4.62. The van der Waals surface area contributed by atoms with Crippen LogP contribution in [0.25, 0.3) is 0 Å². The van der Waals surface area contributed by atoms with Crippen molar-refractivity contribution < 1.29 is 4.74 Å². The Morgan fingerprint density at radius 3 is 2.76 bits per heavy atom. The Hall–Kier alpha value is -0.830. The van der Waals surface area contributed by atoms with Crippen LogP contribution in [0.5, 0.6) is 0 Å². The highest BCUT2D eigenvalue weighted by atomic mass is 127. The first-order valence-electron chi connectivity index (χ1n) is 7.49. The van der Waals surface area contributed by atoms with E-state index in [0.717, 1.165) is 32.0 Å². The second kappa shape index (κ2) is 7.98. The lowest BCUT2D eigenvalue weighted by atomic mass is 10.3. The summed E-state index contributed by atoms with van der Waals surface area (Å²) in [4.78, 5) is 6.51. The topological polar surface area (TPSA) is 68.7 Å². The summed E-state index contributed by atoms with van der Waals surface area (Å²) in [6.45, 7) is 3.67.